The van der Waals surface area contributed by atoms with Gasteiger partial charge in [-0.3, -0.25) is 9.10 Å². The van der Waals surface area contributed by atoms with Crippen molar-refractivity contribution in [3.05, 3.63) is 77.6 Å². The summed E-state index contributed by atoms with van der Waals surface area (Å²) < 4.78 is 45.3. The number of ether oxygens (including phenoxy) is 1. The molecule has 0 aliphatic carbocycles. The number of esters is 1. The Morgan fingerprint density at radius 2 is 1.81 bits per heavy atom. The van der Waals surface area contributed by atoms with E-state index in [-0.39, 0.29) is 17.3 Å². The van der Waals surface area contributed by atoms with E-state index in [1.165, 1.54) is 23.5 Å². The van der Waals surface area contributed by atoms with Crippen LogP contribution in [0, 0.1) is 5.82 Å². The molecule has 0 bridgehead atoms. The molecule has 1 aliphatic heterocycles. The first-order valence-electron chi connectivity index (χ1n) is 9.34. The normalized spacial score (nSPS) is 14.2. The van der Waals surface area contributed by atoms with Crippen LogP contribution in [-0.4, -0.2) is 25.9 Å². The second-order valence-corrected chi connectivity index (χ2v) is 9.64. The van der Waals surface area contributed by atoms with E-state index in [4.69, 9.17) is 4.74 Å². The first-order valence-corrected chi connectivity index (χ1v) is 11.7. The lowest BCUT2D eigenvalue weighted by Crippen LogP contribution is -2.33. The molecule has 4 aromatic rings. The molecule has 0 amide bonds. The highest BCUT2D eigenvalue weighted by Crippen LogP contribution is 2.41. The molecule has 9 heteroatoms. The lowest BCUT2D eigenvalue weighted by Gasteiger charge is -2.17. The quantitative estimate of drug-likeness (QED) is 0.419. The van der Waals surface area contributed by atoms with Crippen molar-refractivity contribution in [2.45, 2.75) is 11.5 Å². The third-order valence-corrected chi connectivity index (χ3v) is 7.72. The molecule has 0 fully saturated rings. The summed E-state index contributed by atoms with van der Waals surface area (Å²) in [5.41, 5.74) is 1.77. The minimum atomic E-state index is -3.82. The molecule has 2 heterocycles. The Morgan fingerprint density at radius 3 is 2.58 bits per heavy atom. The summed E-state index contributed by atoms with van der Waals surface area (Å²) in [5, 5.41) is 3.83. The van der Waals surface area contributed by atoms with Gasteiger partial charge in [-0.25, -0.2) is 17.8 Å². The predicted octanol–water partition coefficient (Wildman–Crippen LogP) is 4.35. The van der Waals surface area contributed by atoms with E-state index in [1.807, 2.05) is 12.1 Å². The summed E-state index contributed by atoms with van der Waals surface area (Å²) in [6.45, 7) is -0.507. The highest BCUT2D eigenvalue weighted by atomic mass is 32.2. The SMILES string of the molecule is O=C(CN1c2cccc3cccc(c23)S1(=O)=O)OCc1csc(-c2ccc(F)cc2)n1. The largest absolute Gasteiger partial charge is 0.458 e. The molecular weight excluding hydrogens is 439 g/mol. The van der Waals surface area contributed by atoms with Gasteiger partial charge in [0, 0.05) is 16.3 Å². The molecule has 6 nitrogen and oxygen atoms in total. The third kappa shape index (κ3) is 3.45. The molecule has 0 atom stereocenters. The average Bonchev–Trinajstić information content (AvgIpc) is 3.32. The molecule has 3 aromatic carbocycles. The molecule has 5 rings (SSSR count). The number of hydrogen-bond acceptors (Lipinski definition) is 6. The summed E-state index contributed by atoms with van der Waals surface area (Å²) >= 11 is 1.35. The molecule has 31 heavy (non-hydrogen) atoms. The van der Waals surface area contributed by atoms with Crippen molar-refractivity contribution < 1.29 is 22.3 Å². The van der Waals surface area contributed by atoms with Gasteiger partial charge in [0.1, 0.15) is 24.0 Å². The van der Waals surface area contributed by atoms with Gasteiger partial charge >= 0.3 is 5.97 Å². The molecule has 0 N–H and O–H groups in total. The molecule has 0 spiro atoms. The molecule has 1 aliphatic rings. The van der Waals surface area contributed by atoms with E-state index in [1.54, 1.807) is 41.8 Å². The van der Waals surface area contributed by atoms with Crippen molar-refractivity contribution in [2.75, 3.05) is 10.8 Å². The van der Waals surface area contributed by atoms with E-state index >= 15 is 0 Å². The van der Waals surface area contributed by atoms with Crippen LogP contribution in [-0.2, 0) is 26.2 Å². The van der Waals surface area contributed by atoms with Gasteiger partial charge in [0.15, 0.2) is 0 Å². The van der Waals surface area contributed by atoms with Crippen molar-refractivity contribution in [1.82, 2.24) is 4.98 Å². The van der Waals surface area contributed by atoms with Crippen LogP contribution in [0.1, 0.15) is 5.69 Å². The Balaban J connectivity index is 1.30. The molecule has 156 valence electrons. The second kappa shape index (κ2) is 7.44. The fourth-order valence-corrected chi connectivity index (χ4v) is 6.01. The van der Waals surface area contributed by atoms with E-state index in [0.717, 1.165) is 15.3 Å². The van der Waals surface area contributed by atoms with E-state index in [2.05, 4.69) is 4.98 Å². The van der Waals surface area contributed by atoms with Gasteiger partial charge in [-0.15, -0.1) is 11.3 Å². The van der Waals surface area contributed by atoms with Crippen LogP contribution >= 0.6 is 11.3 Å². The van der Waals surface area contributed by atoms with Crippen LogP contribution in [0.25, 0.3) is 21.3 Å². The van der Waals surface area contributed by atoms with E-state index in [9.17, 15) is 17.6 Å². The van der Waals surface area contributed by atoms with Crippen LogP contribution in [0.5, 0.6) is 0 Å². The molecule has 0 radical (unpaired) electrons. The van der Waals surface area contributed by atoms with Crippen LogP contribution in [0.2, 0.25) is 0 Å². The Morgan fingerprint density at radius 1 is 1.06 bits per heavy atom. The average molecular weight is 455 g/mol. The van der Waals surface area contributed by atoms with Crippen molar-refractivity contribution in [1.29, 1.82) is 0 Å². The van der Waals surface area contributed by atoms with E-state index < -0.39 is 22.5 Å². The lowest BCUT2D eigenvalue weighted by atomic mass is 10.1. The van der Waals surface area contributed by atoms with Crippen molar-refractivity contribution >= 4 is 43.8 Å². The monoisotopic (exact) mass is 454 g/mol. The zero-order chi connectivity index (χ0) is 21.6. The molecular formula is C22H15FN2O4S2. The van der Waals surface area contributed by atoms with Crippen LogP contribution < -0.4 is 4.31 Å². The zero-order valence-corrected chi connectivity index (χ0v) is 17.6. The van der Waals surface area contributed by atoms with Crippen LogP contribution in [0.3, 0.4) is 0 Å². The second-order valence-electron chi connectivity index (χ2n) is 6.95. The number of rotatable bonds is 5. The summed E-state index contributed by atoms with van der Waals surface area (Å²) in [4.78, 5) is 17.0. The van der Waals surface area contributed by atoms with Crippen molar-refractivity contribution in [2.24, 2.45) is 0 Å². The number of sulfonamides is 1. The van der Waals surface area contributed by atoms with Gasteiger partial charge in [0.25, 0.3) is 10.0 Å². The van der Waals surface area contributed by atoms with E-state index in [0.29, 0.717) is 21.8 Å². The number of thiazole rings is 1. The van der Waals surface area contributed by atoms with Crippen molar-refractivity contribution in [3.63, 3.8) is 0 Å². The number of anilines is 1. The van der Waals surface area contributed by atoms with Crippen LogP contribution in [0.4, 0.5) is 10.1 Å². The van der Waals surface area contributed by atoms with Crippen molar-refractivity contribution in [3.8, 4) is 10.6 Å². The minimum Gasteiger partial charge on any atom is -0.458 e. The first-order chi connectivity index (χ1) is 14.9. The highest BCUT2D eigenvalue weighted by molar-refractivity contribution is 7.93. The van der Waals surface area contributed by atoms with Gasteiger partial charge in [-0.1, -0.05) is 24.3 Å². The number of carbonyl (C=O) groups is 1. The van der Waals surface area contributed by atoms with Crippen LogP contribution in [0.15, 0.2) is 70.9 Å². The third-order valence-electron chi connectivity index (χ3n) is 4.98. The first kappa shape index (κ1) is 19.7. The zero-order valence-electron chi connectivity index (χ0n) is 16.0. The summed E-state index contributed by atoms with van der Waals surface area (Å²) in [6, 6.07) is 16.3. The smallest absolute Gasteiger partial charge is 0.327 e. The number of aromatic nitrogens is 1. The van der Waals surface area contributed by atoms with Gasteiger partial charge in [0.05, 0.1) is 16.3 Å². The maximum absolute atomic E-state index is 13.1. The fourth-order valence-electron chi connectivity index (χ4n) is 3.54. The number of hydrogen-bond donors (Lipinski definition) is 0. The number of nitrogens with zero attached hydrogens (tertiary/aromatic N) is 2. The number of halogens is 1. The highest BCUT2D eigenvalue weighted by Gasteiger charge is 2.36. The summed E-state index contributed by atoms with van der Waals surface area (Å²) in [6.07, 6.45) is 0. The van der Waals surface area contributed by atoms with Gasteiger partial charge in [-0.05, 0) is 41.8 Å². The number of carbonyl (C=O) groups excluding carboxylic acids is 1. The maximum Gasteiger partial charge on any atom is 0.327 e. The van der Waals surface area contributed by atoms with Gasteiger partial charge < -0.3 is 4.74 Å². The minimum absolute atomic E-state index is 0.0818. The standard InChI is InChI=1S/C22H15FN2O4S2/c23-16-9-7-15(8-10-16)22-24-17(13-30-22)12-29-20(26)11-25-18-5-1-3-14-4-2-6-19(21(14)18)31(25,27)28/h1-10,13H,11-12H2. The Kier molecular flexibility index (Phi) is 4.71. The van der Waals surface area contributed by atoms with Gasteiger partial charge in [-0.2, -0.15) is 0 Å². The molecule has 1 aromatic heterocycles. The molecule has 0 saturated heterocycles. The predicted molar refractivity (Wildman–Crippen MR) is 116 cm³/mol. The summed E-state index contributed by atoms with van der Waals surface area (Å²) in [5.74, 6) is -1.01. The topological polar surface area (TPSA) is 76.6 Å². The molecule has 0 unspecified atom stereocenters. The van der Waals surface area contributed by atoms with Gasteiger partial charge in [0.2, 0.25) is 0 Å². The summed E-state index contributed by atoms with van der Waals surface area (Å²) in [7, 11) is -3.82. The molecule has 0 saturated carbocycles. The lowest BCUT2D eigenvalue weighted by molar-refractivity contribution is -0.143. The maximum atomic E-state index is 13.1. The Hall–Kier alpha value is -3.30. The Bertz CT molecular complexity index is 1410. The fraction of sp³-hybridized carbons (Fsp3) is 0.0909. The Labute approximate surface area is 181 Å². The number of benzene rings is 3.